The molecule has 6 heteroatoms. The van der Waals surface area contributed by atoms with Crippen LogP contribution in [-0.2, 0) is 14.4 Å². The maximum atomic E-state index is 11.5. The van der Waals surface area contributed by atoms with Crippen molar-refractivity contribution in [2.24, 2.45) is 11.8 Å². The van der Waals surface area contributed by atoms with Gasteiger partial charge in [0.1, 0.15) is 5.78 Å². The molecule has 3 N–H and O–H groups in total. The van der Waals surface area contributed by atoms with Crippen molar-refractivity contribution in [1.82, 2.24) is 10.6 Å². The number of hydrogen-bond donors (Lipinski definition) is 3. The van der Waals surface area contributed by atoms with Gasteiger partial charge in [-0.15, -0.1) is 0 Å². The Balaban J connectivity index is 0. The average molecular weight is 373 g/mol. The number of nitrogens with one attached hydrogen (secondary N) is 2. The molecule has 0 rings (SSSR count). The minimum Gasteiger partial charge on any atom is -0.395 e. The molecule has 2 atom stereocenters. The van der Waals surface area contributed by atoms with E-state index in [1.807, 2.05) is 13.8 Å². The largest absolute Gasteiger partial charge is 0.395 e. The first-order valence-electron chi connectivity index (χ1n) is 9.99. The van der Waals surface area contributed by atoms with Gasteiger partial charge in [-0.2, -0.15) is 0 Å². The van der Waals surface area contributed by atoms with Crippen LogP contribution in [0.2, 0.25) is 0 Å². The van der Waals surface area contributed by atoms with Gasteiger partial charge in [0.2, 0.25) is 11.8 Å². The summed E-state index contributed by atoms with van der Waals surface area (Å²) in [5.41, 5.74) is 0. The minimum absolute atomic E-state index is 0.00342. The number of rotatable bonds is 13. The molecule has 0 aromatic heterocycles. The average Bonchev–Trinajstić information content (AvgIpc) is 2.63. The molecule has 6 nitrogen and oxygen atoms in total. The smallest absolute Gasteiger partial charge is 0.223 e. The summed E-state index contributed by atoms with van der Waals surface area (Å²) in [7, 11) is 0. The summed E-state index contributed by atoms with van der Waals surface area (Å²) < 4.78 is 0. The van der Waals surface area contributed by atoms with Crippen LogP contribution in [0.3, 0.4) is 0 Å². The van der Waals surface area contributed by atoms with Gasteiger partial charge in [0.15, 0.2) is 0 Å². The van der Waals surface area contributed by atoms with E-state index in [4.69, 9.17) is 5.11 Å². The third kappa shape index (κ3) is 16.1. The number of carbonyl (C=O) groups is 3. The summed E-state index contributed by atoms with van der Waals surface area (Å²) in [4.78, 5) is 33.4. The molecule has 0 radical (unpaired) electrons. The van der Waals surface area contributed by atoms with E-state index < -0.39 is 0 Å². The number of Topliss-reactive ketones (excluding diaryl/α,β-unsaturated/α-hetero) is 1. The number of aliphatic hydroxyl groups is 1. The Bertz CT molecular complexity index is 386. The minimum atomic E-state index is 0.00342. The van der Waals surface area contributed by atoms with Crippen LogP contribution in [0.5, 0.6) is 0 Å². The summed E-state index contributed by atoms with van der Waals surface area (Å²) in [6, 6.07) is 0. The summed E-state index contributed by atoms with van der Waals surface area (Å²) in [6.07, 6.45) is 7.11. The highest BCUT2D eigenvalue weighted by atomic mass is 16.3. The van der Waals surface area contributed by atoms with Crippen molar-refractivity contribution in [3.8, 4) is 0 Å². The molecular formula is C20H40N2O4. The van der Waals surface area contributed by atoms with Crippen molar-refractivity contribution in [1.29, 1.82) is 0 Å². The number of amides is 2. The molecule has 26 heavy (non-hydrogen) atoms. The maximum Gasteiger partial charge on any atom is 0.223 e. The lowest BCUT2D eigenvalue weighted by Crippen LogP contribution is -2.33. The highest BCUT2D eigenvalue weighted by Gasteiger charge is 2.15. The Hall–Kier alpha value is -1.43. The van der Waals surface area contributed by atoms with E-state index >= 15 is 0 Å². The second kappa shape index (κ2) is 18.4. The van der Waals surface area contributed by atoms with Crippen LogP contribution in [0.4, 0.5) is 0 Å². The SMILES string of the molecule is CCCCC(C)C(=O)NCCO.CCCCC(CC)C(=O)NCC(C)=O. The van der Waals surface area contributed by atoms with Gasteiger partial charge in [-0.25, -0.2) is 0 Å². The van der Waals surface area contributed by atoms with Crippen LogP contribution in [0.25, 0.3) is 0 Å². The van der Waals surface area contributed by atoms with Crippen LogP contribution >= 0.6 is 0 Å². The lowest BCUT2D eigenvalue weighted by atomic mass is 9.98. The molecular weight excluding hydrogens is 332 g/mol. The van der Waals surface area contributed by atoms with Gasteiger partial charge in [-0.1, -0.05) is 53.4 Å². The lowest BCUT2D eigenvalue weighted by molar-refractivity contribution is -0.127. The van der Waals surface area contributed by atoms with E-state index in [1.54, 1.807) is 0 Å². The van der Waals surface area contributed by atoms with Crippen LogP contribution in [0.15, 0.2) is 0 Å². The number of aliphatic hydroxyl groups excluding tert-OH is 1. The summed E-state index contributed by atoms with van der Waals surface area (Å²) in [5.74, 6) is 0.239. The van der Waals surface area contributed by atoms with Crippen molar-refractivity contribution in [2.45, 2.75) is 79.6 Å². The fourth-order valence-electron chi connectivity index (χ4n) is 2.32. The zero-order valence-electron chi connectivity index (χ0n) is 17.4. The van der Waals surface area contributed by atoms with E-state index in [9.17, 15) is 14.4 Å². The van der Waals surface area contributed by atoms with Crippen LogP contribution in [0, 0.1) is 11.8 Å². The fourth-order valence-corrected chi connectivity index (χ4v) is 2.32. The molecule has 0 aliphatic rings. The monoisotopic (exact) mass is 372 g/mol. The van der Waals surface area contributed by atoms with Gasteiger partial charge in [-0.3, -0.25) is 14.4 Å². The highest BCUT2D eigenvalue weighted by Crippen LogP contribution is 2.12. The van der Waals surface area contributed by atoms with Gasteiger partial charge in [0.25, 0.3) is 0 Å². The quantitative estimate of drug-likeness (QED) is 0.463. The maximum absolute atomic E-state index is 11.5. The predicted molar refractivity (Wildman–Crippen MR) is 106 cm³/mol. The third-order valence-corrected chi connectivity index (χ3v) is 4.13. The van der Waals surface area contributed by atoms with Crippen molar-refractivity contribution in [2.75, 3.05) is 19.7 Å². The highest BCUT2D eigenvalue weighted by molar-refractivity contribution is 5.85. The van der Waals surface area contributed by atoms with Crippen molar-refractivity contribution < 1.29 is 19.5 Å². The summed E-state index contributed by atoms with van der Waals surface area (Å²) >= 11 is 0. The van der Waals surface area contributed by atoms with Gasteiger partial charge in [0.05, 0.1) is 13.2 Å². The molecule has 0 fully saturated rings. The molecule has 154 valence electrons. The van der Waals surface area contributed by atoms with E-state index in [2.05, 4.69) is 24.5 Å². The van der Waals surface area contributed by atoms with Gasteiger partial charge in [0, 0.05) is 18.4 Å². The normalized spacial score (nSPS) is 12.4. The number of hydrogen-bond acceptors (Lipinski definition) is 4. The second-order valence-corrected chi connectivity index (χ2v) is 6.73. The van der Waals surface area contributed by atoms with E-state index in [0.29, 0.717) is 6.54 Å². The Morgan fingerprint density at radius 2 is 1.50 bits per heavy atom. The number of unbranched alkanes of at least 4 members (excludes halogenated alkanes) is 2. The van der Waals surface area contributed by atoms with Crippen molar-refractivity contribution in [3.63, 3.8) is 0 Å². The molecule has 0 aromatic carbocycles. The molecule has 2 unspecified atom stereocenters. The first-order chi connectivity index (χ1) is 12.3. The van der Waals surface area contributed by atoms with E-state index in [-0.39, 0.29) is 42.6 Å². The molecule has 0 aliphatic heterocycles. The second-order valence-electron chi connectivity index (χ2n) is 6.73. The Morgan fingerprint density at radius 1 is 0.923 bits per heavy atom. The molecule has 0 aliphatic carbocycles. The number of ketones is 1. The predicted octanol–water partition coefficient (Wildman–Crippen LogP) is 2.83. The Morgan fingerprint density at radius 3 is 1.96 bits per heavy atom. The summed E-state index contributed by atoms with van der Waals surface area (Å²) in [5, 5.41) is 13.8. The van der Waals surface area contributed by atoms with Gasteiger partial charge < -0.3 is 15.7 Å². The van der Waals surface area contributed by atoms with Crippen molar-refractivity contribution in [3.05, 3.63) is 0 Å². The van der Waals surface area contributed by atoms with E-state index in [0.717, 1.165) is 44.9 Å². The molecule has 0 saturated carbocycles. The first-order valence-corrected chi connectivity index (χ1v) is 9.99. The van der Waals surface area contributed by atoms with Crippen LogP contribution in [-0.4, -0.2) is 42.4 Å². The molecule has 0 heterocycles. The lowest BCUT2D eigenvalue weighted by Gasteiger charge is -2.13. The van der Waals surface area contributed by atoms with Gasteiger partial charge >= 0.3 is 0 Å². The molecule has 0 aromatic rings. The topological polar surface area (TPSA) is 95.5 Å². The van der Waals surface area contributed by atoms with E-state index in [1.165, 1.54) is 6.92 Å². The molecule has 0 spiro atoms. The third-order valence-electron chi connectivity index (χ3n) is 4.13. The van der Waals surface area contributed by atoms with Gasteiger partial charge in [-0.05, 0) is 26.2 Å². The Labute approximate surface area is 159 Å². The molecule has 0 saturated heterocycles. The van der Waals surface area contributed by atoms with Crippen LogP contribution < -0.4 is 10.6 Å². The zero-order chi connectivity index (χ0) is 20.4. The fraction of sp³-hybridized carbons (Fsp3) is 0.850. The zero-order valence-corrected chi connectivity index (χ0v) is 17.4. The molecule has 2 amide bonds. The summed E-state index contributed by atoms with van der Waals surface area (Å²) in [6.45, 7) is 10.2. The van der Waals surface area contributed by atoms with Crippen molar-refractivity contribution >= 4 is 17.6 Å². The van der Waals surface area contributed by atoms with Crippen LogP contribution in [0.1, 0.15) is 79.6 Å². The number of carbonyl (C=O) groups excluding carboxylic acids is 3. The molecule has 0 bridgehead atoms. The standard InChI is InChI=1S/C11H21NO2.C9H19NO2/c1-4-6-7-10(5-2)11(14)12-8-9(3)13;1-3-4-5-8(2)9(12)10-6-7-11/h10H,4-8H2,1-3H3,(H,12,14);8,11H,3-7H2,1-2H3,(H,10,12). The Kier molecular flexibility index (Phi) is 18.9. The first kappa shape index (κ1) is 26.8.